The molecular weight excluding hydrogens is 766 g/mol. The summed E-state index contributed by atoms with van der Waals surface area (Å²) in [5.74, 6) is 0.0336. The van der Waals surface area contributed by atoms with Crippen LogP contribution in [0.1, 0.15) is 16.9 Å². The molecule has 4 N–H and O–H groups in total. The number of thioether (sulfide) groups is 1. The maximum atomic E-state index is 13.6. The fourth-order valence-electron chi connectivity index (χ4n) is 4.02. The fourth-order valence-corrected chi connectivity index (χ4v) is 6.22. The van der Waals surface area contributed by atoms with Crippen molar-refractivity contribution < 1.29 is 32.3 Å². The Morgan fingerprint density at radius 2 is 1.78 bits per heavy atom. The highest BCUT2D eigenvalue weighted by molar-refractivity contribution is 9.10. The monoisotopic (exact) mass is 787 g/mol. The predicted molar refractivity (Wildman–Crippen MR) is 182 cm³/mol. The summed E-state index contributed by atoms with van der Waals surface area (Å²) in [5, 5.41) is 26.5. The lowest BCUT2D eigenvalue weighted by Crippen LogP contribution is -2.28. The Kier molecular flexibility index (Phi) is 10.4. The van der Waals surface area contributed by atoms with E-state index in [1.807, 2.05) is 0 Å². The van der Waals surface area contributed by atoms with Crippen LogP contribution in [0.25, 0.3) is 6.08 Å². The number of phenolic OH excluding ortho intramolecular Hbond substituents is 1. The first kappa shape index (κ1) is 33.2. The molecule has 2 amide bonds. The van der Waals surface area contributed by atoms with Gasteiger partial charge in [0.05, 0.1) is 28.8 Å². The van der Waals surface area contributed by atoms with Gasteiger partial charge >= 0.3 is 0 Å². The van der Waals surface area contributed by atoms with Crippen molar-refractivity contribution in [2.24, 2.45) is 15.3 Å². The second-order valence-corrected chi connectivity index (χ2v) is 13.9. The number of anilines is 1. The predicted octanol–water partition coefficient (Wildman–Crippen LogP) is 5.68. The van der Waals surface area contributed by atoms with Crippen LogP contribution in [0.3, 0.4) is 0 Å². The summed E-state index contributed by atoms with van der Waals surface area (Å²) in [5.41, 5.74) is 1.30. The summed E-state index contributed by atoms with van der Waals surface area (Å²) in [6.07, 6.45) is 4.51. The average Bonchev–Trinajstić information content (AvgIpc) is 3.63. The average molecular weight is 789 g/mol. The van der Waals surface area contributed by atoms with Gasteiger partial charge in [-0.05, 0) is 90.6 Å². The highest BCUT2D eigenvalue weighted by atomic mass is 79.9. The third-order valence-electron chi connectivity index (χ3n) is 6.20. The van der Waals surface area contributed by atoms with Gasteiger partial charge in [-0.15, -0.1) is 5.10 Å². The molecule has 0 aliphatic carbocycles. The maximum Gasteiger partial charge on any atom is 0.267 e. The third-order valence-corrected chi connectivity index (χ3v) is 9.11. The Balaban J connectivity index is 1.35. The number of aromatic hydroxyl groups is 1. The molecule has 12 nitrogen and oxygen atoms in total. The highest BCUT2D eigenvalue weighted by Crippen LogP contribution is 2.36. The minimum Gasteiger partial charge on any atom is -0.507 e. The van der Waals surface area contributed by atoms with E-state index in [0.717, 1.165) is 16.2 Å². The van der Waals surface area contributed by atoms with Gasteiger partial charge in [0, 0.05) is 25.8 Å². The lowest BCUT2D eigenvalue weighted by Gasteiger charge is -2.13. The summed E-state index contributed by atoms with van der Waals surface area (Å²) >= 11 is 7.88. The summed E-state index contributed by atoms with van der Waals surface area (Å²) in [7, 11) is -3.86. The molecule has 1 aliphatic rings. The van der Waals surface area contributed by atoms with Gasteiger partial charge in [-0.1, -0.05) is 31.9 Å². The van der Waals surface area contributed by atoms with Crippen molar-refractivity contribution >= 4 is 88.6 Å². The first-order valence-corrected chi connectivity index (χ1v) is 17.1. The summed E-state index contributed by atoms with van der Waals surface area (Å²) in [6.45, 7) is -0.267. The Bertz CT molecular complexity index is 1980. The number of ether oxygens (including phenoxy) is 1. The van der Waals surface area contributed by atoms with Crippen LogP contribution >= 0.6 is 43.6 Å². The van der Waals surface area contributed by atoms with Gasteiger partial charge in [-0.25, -0.2) is 13.6 Å². The Hall–Kier alpha value is -4.22. The number of benzene rings is 3. The minimum atomic E-state index is -3.86. The highest BCUT2D eigenvalue weighted by Gasteiger charge is 2.34. The molecule has 16 heteroatoms. The molecule has 1 aromatic heterocycles. The van der Waals surface area contributed by atoms with Gasteiger partial charge in [-0.3, -0.25) is 14.5 Å². The molecule has 0 saturated carbocycles. The Labute approximate surface area is 284 Å². The summed E-state index contributed by atoms with van der Waals surface area (Å²) in [6, 6.07) is 18.8. The van der Waals surface area contributed by atoms with Crippen molar-refractivity contribution in [3.8, 4) is 11.5 Å². The van der Waals surface area contributed by atoms with E-state index in [2.05, 4.69) is 47.4 Å². The van der Waals surface area contributed by atoms with E-state index in [1.54, 1.807) is 48.5 Å². The van der Waals surface area contributed by atoms with Gasteiger partial charge in [0.2, 0.25) is 10.0 Å². The number of amides is 2. The number of primary sulfonamides is 1. The Morgan fingerprint density at radius 1 is 1.07 bits per heavy atom. The number of nitrogens with one attached hydrogen (secondary N) is 1. The lowest BCUT2D eigenvalue weighted by molar-refractivity contribution is -0.122. The number of carbonyl (C=O) groups is 2. The second-order valence-electron chi connectivity index (χ2n) is 9.50. The number of amidine groups is 1. The van der Waals surface area contributed by atoms with Crippen molar-refractivity contribution in [1.29, 1.82) is 0 Å². The van der Waals surface area contributed by atoms with E-state index in [0.29, 0.717) is 37.7 Å². The molecule has 1 saturated heterocycles. The van der Waals surface area contributed by atoms with E-state index in [1.165, 1.54) is 47.7 Å². The standard InChI is InChI=1S/C30H23Br2N5O7S2/c31-20-3-9-25(38)19(13-20)15-34-36-30-37(16-23-2-1-11-43-23)29(40)27(45-30)14-18-12-21(32)4-10-26(18)44-17-28(39)35-22-5-7-24(8-6-22)46(33,41)42/h1-15,38H,16-17H2,(H,35,39)(H2,33,41,42)/b27-14-,34-15-,36-30+. The molecule has 4 aromatic rings. The van der Waals surface area contributed by atoms with E-state index >= 15 is 0 Å². The Morgan fingerprint density at radius 3 is 2.48 bits per heavy atom. The van der Waals surface area contributed by atoms with Gasteiger partial charge in [0.15, 0.2) is 11.8 Å². The summed E-state index contributed by atoms with van der Waals surface area (Å²) < 4.78 is 35.6. The van der Waals surface area contributed by atoms with Crippen LogP contribution in [-0.2, 0) is 26.2 Å². The molecule has 236 valence electrons. The van der Waals surface area contributed by atoms with Crippen LogP contribution in [0.15, 0.2) is 112 Å². The van der Waals surface area contributed by atoms with Crippen molar-refractivity contribution in [3.63, 3.8) is 0 Å². The molecule has 1 fully saturated rings. The first-order chi connectivity index (χ1) is 22.0. The molecule has 0 bridgehead atoms. The number of hydrogen-bond acceptors (Lipinski definition) is 10. The zero-order valence-electron chi connectivity index (χ0n) is 23.5. The van der Waals surface area contributed by atoms with Crippen LogP contribution in [0, 0.1) is 0 Å². The minimum absolute atomic E-state index is 0.0196. The molecular formula is C30H23Br2N5O7S2. The van der Waals surface area contributed by atoms with E-state index in [9.17, 15) is 23.1 Å². The van der Waals surface area contributed by atoms with E-state index in [4.69, 9.17) is 14.3 Å². The number of halogens is 2. The van der Waals surface area contributed by atoms with Crippen molar-refractivity contribution in [3.05, 3.63) is 110 Å². The zero-order valence-corrected chi connectivity index (χ0v) is 28.3. The number of carbonyl (C=O) groups excluding carboxylic acids is 2. The van der Waals surface area contributed by atoms with Crippen LogP contribution in [-0.4, -0.2) is 48.2 Å². The molecule has 0 radical (unpaired) electrons. The van der Waals surface area contributed by atoms with E-state index in [-0.39, 0.29) is 34.9 Å². The molecule has 0 atom stereocenters. The number of sulfonamides is 1. The SMILES string of the molecule is NS(=O)(=O)c1ccc(NC(=O)COc2ccc(Br)cc2/C=C2\S/C(=N/N=C\c3cc(Br)ccc3O)N(Cc3ccco3)C2=O)cc1. The summed E-state index contributed by atoms with van der Waals surface area (Å²) in [4.78, 5) is 27.8. The van der Waals surface area contributed by atoms with Crippen LogP contribution < -0.4 is 15.2 Å². The number of hydrogen-bond donors (Lipinski definition) is 3. The number of nitrogens with two attached hydrogens (primary N) is 1. The van der Waals surface area contributed by atoms with Gasteiger partial charge in [0.1, 0.15) is 17.3 Å². The quantitative estimate of drug-likeness (QED) is 0.104. The fraction of sp³-hybridized carbons (Fsp3) is 0.0667. The third kappa shape index (κ3) is 8.52. The van der Waals surface area contributed by atoms with Crippen LogP contribution in [0.4, 0.5) is 5.69 Å². The molecule has 46 heavy (non-hydrogen) atoms. The molecule has 1 aliphatic heterocycles. The number of phenols is 1. The van der Waals surface area contributed by atoms with Gasteiger partial charge in [0.25, 0.3) is 11.8 Å². The normalized spacial score (nSPS) is 15.3. The number of nitrogens with zero attached hydrogens (tertiary/aromatic N) is 3. The molecule has 3 aromatic carbocycles. The van der Waals surface area contributed by atoms with Gasteiger partial charge in [-0.2, -0.15) is 5.10 Å². The first-order valence-electron chi connectivity index (χ1n) is 13.1. The number of furan rings is 1. The van der Waals surface area contributed by atoms with Crippen molar-refractivity contribution in [1.82, 2.24) is 4.90 Å². The second kappa shape index (κ2) is 14.5. The lowest BCUT2D eigenvalue weighted by atomic mass is 10.2. The van der Waals surface area contributed by atoms with Crippen LogP contribution in [0.5, 0.6) is 11.5 Å². The largest absolute Gasteiger partial charge is 0.507 e. The van der Waals surface area contributed by atoms with E-state index < -0.39 is 15.9 Å². The van der Waals surface area contributed by atoms with Crippen molar-refractivity contribution in [2.45, 2.75) is 11.4 Å². The number of rotatable bonds is 10. The molecule has 2 heterocycles. The van der Waals surface area contributed by atoms with Crippen LogP contribution in [0.2, 0.25) is 0 Å². The smallest absolute Gasteiger partial charge is 0.267 e. The van der Waals surface area contributed by atoms with Gasteiger partial charge < -0.3 is 19.6 Å². The topological polar surface area (TPSA) is 177 Å². The maximum absolute atomic E-state index is 13.6. The van der Waals surface area contributed by atoms with Crippen molar-refractivity contribution in [2.75, 3.05) is 11.9 Å². The molecule has 0 spiro atoms. The molecule has 5 rings (SSSR count). The molecule has 0 unspecified atom stereocenters. The zero-order chi connectivity index (χ0) is 32.8.